The van der Waals surface area contributed by atoms with Gasteiger partial charge in [-0.1, -0.05) is 24.9 Å². The van der Waals surface area contributed by atoms with Crippen molar-refractivity contribution in [1.82, 2.24) is 25.3 Å². The lowest BCUT2D eigenvalue weighted by Crippen LogP contribution is -2.43. The third-order valence-corrected chi connectivity index (χ3v) is 6.23. The minimum atomic E-state index is -0.0387. The predicted octanol–water partition coefficient (Wildman–Crippen LogP) is 4.22. The number of amides is 1. The van der Waals surface area contributed by atoms with Crippen LogP contribution in [0.1, 0.15) is 44.0 Å². The van der Waals surface area contributed by atoms with Crippen LogP contribution in [0.2, 0.25) is 5.02 Å². The summed E-state index contributed by atoms with van der Waals surface area (Å²) in [6.07, 6.45) is 3.92. The van der Waals surface area contributed by atoms with Gasteiger partial charge in [0.2, 0.25) is 5.91 Å². The van der Waals surface area contributed by atoms with Crippen molar-refractivity contribution in [3.63, 3.8) is 0 Å². The molecule has 3 heterocycles. The molecule has 0 spiro atoms. The van der Waals surface area contributed by atoms with Gasteiger partial charge in [-0.2, -0.15) is 10.2 Å². The normalized spacial score (nSPS) is 16.6. The average molecular weight is 441 g/mol. The van der Waals surface area contributed by atoms with E-state index in [9.17, 15) is 4.79 Å². The Kier molecular flexibility index (Phi) is 6.41. The number of hydrogen-bond donors (Lipinski definition) is 1. The second-order valence-electron chi connectivity index (χ2n) is 8.24. The molecule has 2 aromatic heterocycles. The second-order valence-corrected chi connectivity index (χ2v) is 8.67. The quantitative estimate of drug-likeness (QED) is 0.581. The fraction of sp³-hybridized carbons (Fsp3) is 0.478. The van der Waals surface area contributed by atoms with Crippen LogP contribution in [0.25, 0.3) is 16.6 Å². The zero-order chi connectivity index (χ0) is 22.0. The molecule has 1 fully saturated rings. The van der Waals surface area contributed by atoms with E-state index < -0.39 is 0 Å². The van der Waals surface area contributed by atoms with Crippen LogP contribution in [0, 0.1) is 19.8 Å². The van der Waals surface area contributed by atoms with Gasteiger partial charge in [0.15, 0.2) is 5.82 Å². The summed E-state index contributed by atoms with van der Waals surface area (Å²) in [5, 5.41) is 18.6. The Morgan fingerprint density at radius 1 is 1.23 bits per heavy atom. The number of carbonyl (C=O) groups is 1. The maximum Gasteiger partial charge on any atom is 0.224 e. The lowest BCUT2D eigenvalue weighted by atomic mass is 9.97. The first-order valence-electron chi connectivity index (χ1n) is 11.0. The summed E-state index contributed by atoms with van der Waals surface area (Å²) >= 11 is 6.06. The number of rotatable bonds is 6. The van der Waals surface area contributed by atoms with Gasteiger partial charge in [-0.25, -0.2) is 4.68 Å². The van der Waals surface area contributed by atoms with Crippen molar-refractivity contribution in [3.8, 4) is 5.69 Å². The number of aromatic nitrogens is 4. The number of unbranched alkanes of at least 4 members (excludes halogenated alkanes) is 1. The first kappa shape index (κ1) is 21.6. The van der Waals surface area contributed by atoms with Gasteiger partial charge in [0, 0.05) is 24.7 Å². The minimum absolute atomic E-state index is 0.0387. The highest BCUT2D eigenvalue weighted by Gasteiger charge is 2.29. The monoisotopic (exact) mass is 440 g/mol. The molecule has 1 aromatic carbocycles. The summed E-state index contributed by atoms with van der Waals surface area (Å²) in [5.41, 5.74) is 3.63. The van der Waals surface area contributed by atoms with Gasteiger partial charge < -0.3 is 10.2 Å². The number of aryl methyl sites for hydroxylation is 2. The number of benzene rings is 1. The Morgan fingerprint density at radius 3 is 2.74 bits per heavy atom. The molecule has 0 saturated carbocycles. The summed E-state index contributed by atoms with van der Waals surface area (Å²) in [6, 6.07) is 7.63. The van der Waals surface area contributed by atoms with Crippen LogP contribution < -0.4 is 10.2 Å². The molecule has 1 amide bonds. The van der Waals surface area contributed by atoms with Gasteiger partial charge in [0.25, 0.3) is 0 Å². The van der Waals surface area contributed by atoms with E-state index in [0.29, 0.717) is 11.6 Å². The molecule has 0 aliphatic carbocycles. The van der Waals surface area contributed by atoms with Gasteiger partial charge in [-0.3, -0.25) is 4.79 Å². The molecule has 1 atom stereocenters. The molecule has 1 aliphatic rings. The maximum absolute atomic E-state index is 12.6. The van der Waals surface area contributed by atoms with Gasteiger partial charge in [-0.15, -0.1) is 5.10 Å². The standard InChI is InChI=1S/C23H29ClN6O/c1-4-5-12-25-23(31)17-7-6-13-29(14-17)22-21-20(15(2)26-27-22)16(3)30(28-21)19-10-8-18(24)9-11-19/h8-11,17H,4-7,12-14H2,1-3H3,(H,25,31)/t17-/m1/s1. The number of carbonyl (C=O) groups excluding carboxylic acids is 1. The van der Waals surface area contributed by atoms with Crippen molar-refractivity contribution in [2.45, 2.75) is 46.5 Å². The number of piperidine rings is 1. The first-order valence-corrected chi connectivity index (χ1v) is 11.4. The summed E-state index contributed by atoms with van der Waals surface area (Å²) in [6.45, 7) is 8.35. The molecule has 1 aliphatic heterocycles. The van der Waals surface area contributed by atoms with Crippen molar-refractivity contribution in [2.75, 3.05) is 24.5 Å². The van der Waals surface area contributed by atoms with Crippen LogP contribution in [-0.2, 0) is 4.79 Å². The van der Waals surface area contributed by atoms with E-state index in [2.05, 4.69) is 27.3 Å². The van der Waals surface area contributed by atoms with E-state index >= 15 is 0 Å². The Morgan fingerprint density at radius 2 is 2.00 bits per heavy atom. The van der Waals surface area contributed by atoms with Crippen LogP contribution in [-0.4, -0.2) is 45.5 Å². The molecule has 4 rings (SSSR count). The summed E-state index contributed by atoms with van der Waals surface area (Å²) < 4.78 is 1.92. The number of fused-ring (bicyclic) bond motifs is 1. The number of halogens is 1. The molecular formula is C23H29ClN6O. The summed E-state index contributed by atoms with van der Waals surface area (Å²) in [4.78, 5) is 14.8. The lowest BCUT2D eigenvalue weighted by molar-refractivity contribution is -0.125. The first-order chi connectivity index (χ1) is 15.0. The fourth-order valence-electron chi connectivity index (χ4n) is 4.27. The Balaban J connectivity index is 1.66. The van der Waals surface area contributed by atoms with Gasteiger partial charge in [0.1, 0.15) is 5.52 Å². The number of nitrogens with one attached hydrogen (secondary N) is 1. The molecule has 8 heteroatoms. The van der Waals surface area contributed by atoms with Gasteiger partial charge >= 0.3 is 0 Å². The zero-order valence-corrected chi connectivity index (χ0v) is 19.1. The molecular weight excluding hydrogens is 412 g/mol. The smallest absolute Gasteiger partial charge is 0.224 e. The summed E-state index contributed by atoms with van der Waals surface area (Å²) in [5.74, 6) is 0.850. The van der Waals surface area contributed by atoms with Crippen molar-refractivity contribution in [1.29, 1.82) is 0 Å². The van der Waals surface area contributed by atoms with Crippen LogP contribution in [0.5, 0.6) is 0 Å². The van der Waals surface area contributed by atoms with Crippen molar-refractivity contribution >= 4 is 34.2 Å². The summed E-state index contributed by atoms with van der Waals surface area (Å²) in [7, 11) is 0. The van der Waals surface area contributed by atoms with Crippen molar-refractivity contribution < 1.29 is 4.79 Å². The molecule has 31 heavy (non-hydrogen) atoms. The molecule has 164 valence electrons. The largest absolute Gasteiger partial charge is 0.356 e. The second kappa shape index (κ2) is 9.22. The number of anilines is 1. The third kappa shape index (κ3) is 4.37. The van der Waals surface area contributed by atoms with Crippen LogP contribution >= 0.6 is 11.6 Å². The molecule has 0 unspecified atom stereocenters. The van der Waals surface area contributed by atoms with Crippen molar-refractivity contribution in [3.05, 3.63) is 40.7 Å². The van der Waals surface area contributed by atoms with Crippen molar-refractivity contribution in [2.24, 2.45) is 5.92 Å². The molecule has 7 nitrogen and oxygen atoms in total. The van der Waals surface area contributed by atoms with Gasteiger partial charge in [0.05, 0.1) is 28.4 Å². The van der Waals surface area contributed by atoms with E-state index in [-0.39, 0.29) is 11.8 Å². The Hall–Kier alpha value is -2.67. The molecule has 1 N–H and O–H groups in total. The topological polar surface area (TPSA) is 75.9 Å². The van der Waals surface area contributed by atoms with E-state index in [1.54, 1.807) is 0 Å². The Labute approximate surface area is 187 Å². The minimum Gasteiger partial charge on any atom is -0.356 e. The number of nitrogens with zero attached hydrogens (tertiary/aromatic N) is 5. The lowest BCUT2D eigenvalue weighted by Gasteiger charge is -2.32. The highest BCUT2D eigenvalue weighted by Crippen LogP contribution is 2.31. The SMILES string of the molecule is CCCCNC(=O)[C@@H]1CCCN(c2nnc(C)c3c(C)n(-c4ccc(Cl)cc4)nc23)C1. The fourth-order valence-corrected chi connectivity index (χ4v) is 4.40. The zero-order valence-electron chi connectivity index (χ0n) is 18.4. The van der Waals surface area contributed by atoms with E-state index in [0.717, 1.165) is 72.6 Å². The highest BCUT2D eigenvalue weighted by molar-refractivity contribution is 6.30. The van der Waals surface area contributed by atoms with E-state index in [1.165, 1.54) is 0 Å². The van der Waals surface area contributed by atoms with Crippen LogP contribution in [0.3, 0.4) is 0 Å². The maximum atomic E-state index is 12.6. The molecule has 1 saturated heterocycles. The molecule has 3 aromatic rings. The number of hydrogen-bond acceptors (Lipinski definition) is 5. The van der Waals surface area contributed by atoms with Crippen LogP contribution in [0.4, 0.5) is 5.82 Å². The molecule has 0 bridgehead atoms. The highest BCUT2D eigenvalue weighted by atomic mass is 35.5. The Bertz CT molecular complexity index is 1080. The van der Waals surface area contributed by atoms with E-state index in [1.807, 2.05) is 42.8 Å². The third-order valence-electron chi connectivity index (χ3n) is 5.98. The van der Waals surface area contributed by atoms with Crippen LogP contribution in [0.15, 0.2) is 24.3 Å². The predicted molar refractivity (Wildman–Crippen MR) is 124 cm³/mol. The molecule has 0 radical (unpaired) electrons. The van der Waals surface area contributed by atoms with E-state index in [4.69, 9.17) is 16.7 Å². The van der Waals surface area contributed by atoms with Gasteiger partial charge in [-0.05, 0) is 57.4 Å². The average Bonchev–Trinajstić information content (AvgIpc) is 3.13.